The van der Waals surface area contributed by atoms with Gasteiger partial charge in [-0.1, -0.05) is 13.8 Å². The third-order valence-corrected chi connectivity index (χ3v) is 4.06. The molecule has 3 rings (SSSR count). The summed E-state index contributed by atoms with van der Waals surface area (Å²) in [6.45, 7) is 4.24. The van der Waals surface area contributed by atoms with Gasteiger partial charge in [0.05, 0.1) is 11.4 Å². The van der Waals surface area contributed by atoms with Gasteiger partial charge >= 0.3 is 0 Å². The van der Waals surface area contributed by atoms with E-state index in [1.807, 2.05) is 0 Å². The third kappa shape index (κ3) is 2.47. The Balaban J connectivity index is 1.74. The van der Waals surface area contributed by atoms with Crippen molar-refractivity contribution in [3.63, 3.8) is 0 Å². The SMILES string of the molecule is CCc1nnc(NC(C2CC2)C2CC2)nc1CC. The van der Waals surface area contributed by atoms with Crippen LogP contribution in [-0.4, -0.2) is 21.2 Å². The normalized spacial score (nSPS) is 19.3. The minimum atomic E-state index is 0.601. The number of anilines is 1. The van der Waals surface area contributed by atoms with Crippen molar-refractivity contribution in [1.82, 2.24) is 15.2 Å². The summed E-state index contributed by atoms with van der Waals surface area (Å²) >= 11 is 0. The summed E-state index contributed by atoms with van der Waals surface area (Å²) in [7, 11) is 0. The highest BCUT2D eigenvalue weighted by atomic mass is 15.3. The smallest absolute Gasteiger partial charge is 0.243 e. The second-order valence-corrected chi connectivity index (χ2v) is 5.58. The molecule has 0 radical (unpaired) electrons. The first-order valence-electron chi connectivity index (χ1n) is 7.30. The van der Waals surface area contributed by atoms with Crippen LogP contribution in [0, 0.1) is 11.8 Å². The summed E-state index contributed by atoms with van der Waals surface area (Å²) in [5.74, 6) is 2.46. The number of nitrogens with zero attached hydrogens (tertiary/aromatic N) is 3. The van der Waals surface area contributed by atoms with Gasteiger partial charge in [0.15, 0.2) is 0 Å². The van der Waals surface area contributed by atoms with Crippen molar-refractivity contribution in [1.29, 1.82) is 0 Å². The van der Waals surface area contributed by atoms with E-state index in [1.54, 1.807) is 0 Å². The molecule has 0 bridgehead atoms. The zero-order valence-electron chi connectivity index (χ0n) is 11.3. The van der Waals surface area contributed by atoms with Crippen LogP contribution in [0.25, 0.3) is 0 Å². The Labute approximate surface area is 109 Å². The lowest BCUT2D eigenvalue weighted by Crippen LogP contribution is -2.26. The lowest BCUT2D eigenvalue weighted by molar-refractivity contribution is 0.560. The number of nitrogens with one attached hydrogen (secondary N) is 1. The van der Waals surface area contributed by atoms with Crippen LogP contribution in [-0.2, 0) is 12.8 Å². The molecule has 2 fully saturated rings. The maximum atomic E-state index is 4.64. The van der Waals surface area contributed by atoms with E-state index in [2.05, 4.69) is 34.3 Å². The number of hydrogen-bond acceptors (Lipinski definition) is 4. The standard InChI is InChI=1S/C14H22N4/c1-3-11-12(4-2)17-18-14(15-11)16-13(9-5-6-9)10-7-8-10/h9-10,13H,3-8H2,1-2H3,(H,15,16,18). The fraction of sp³-hybridized carbons (Fsp3) is 0.786. The second-order valence-electron chi connectivity index (χ2n) is 5.58. The average Bonchev–Trinajstić information content (AvgIpc) is 3.29. The molecule has 0 unspecified atom stereocenters. The maximum absolute atomic E-state index is 4.64. The lowest BCUT2D eigenvalue weighted by atomic mass is 10.1. The molecule has 1 N–H and O–H groups in total. The first kappa shape index (κ1) is 11.9. The first-order chi connectivity index (χ1) is 8.81. The van der Waals surface area contributed by atoms with Crippen molar-refractivity contribution in [2.24, 2.45) is 11.8 Å². The first-order valence-corrected chi connectivity index (χ1v) is 7.30. The van der Waals surface area contributed by atoms with Gasteiger partial charge in [0, 0.05) is 6.04 Å². The van der Waals surface area contributed by atoms with Crippen LogP contribution in [0.15, 0.2) is 0 Å². The lowest BCUT2D eigenvalue weighted by Gasteiger charge is -2.17. The summed E-state index contributed by atoms with van der Waals surface area (Å²) < 4.78 is 0. The molecule has 1 heterocycles. The number of rotatable bonds is 6. The highest BCUT2D eigenvalue weighted by molar-refractivity contribution is 5.29. The summed E-state index contributed by atoms with van der Waals surface area (Å²) in [5.41, 5.74) is 2.14. The zero-order valence-corrected chi connectivity index (χ0v) is 11.3. The third-order valence-electron chi connectivity index (χ3n) is 4.06. The molecule has 4 heteroatoms. The van der Waals surface area contributed by atoms with Crippen LogP contribution in [0.2, 0.25) is 0 Å². The van der Waals surface area contributed by atoms with Gasteiger partial charge in [-0.3, -0.25) is 0 Å². The quantitative estimate of drug-likeness (QED) is 0.838. The molecule has 2 saturated carbocycles. The van der Waals surface area contributed by atoms with Gasteiger partial charge < -0.3 is 5.32 Å². The summed E-state index contributed by atoms with van der Waals surface area (Å²) in [6, 6.07) is 0.601. The molecular formula is C14H22N4. The molecular weight excluding hydrogens is 224 g/mol. The van der Waals surface area contributed by atoms with Gasteiger partial charge in [0.25, 0.3) is 0 Å². The van der Waals surface area contributed by atoms with Gasteiger partial charge in [0.1, 0.15) is 0 Å². The van der Waals surface area contributed by atoms with E-state index in [9.17, 15) is 0 Å². The van der Waals surface area contributed by atoms with Crippen molar-refractivity contribution in [3.05, 3.63) is 11.4 Å². The summed E-state index contributed by atoms with van der Waals surface area (Å²) in [4.78, 5) is 4.64. The number of hydrogen-bond donors (Lipinski definition) is 1. The molecule has 2 aliphatic rings. The van der Waals surface area contributed by atoms with E-state index >= 15 is 0 Å². The Bertz CT molecular complexity index is 412. The molecule has 1 aromatic heterocycles. The van der Waals surface area contributed by atoms with E-state index in [4.69, 9.17) is 0 Å². The fourth-order valence-electron chi connectivity index (χ4n) is 2.68. The minimum absolute atomic E-state index is 0.601. The van der Waals surface area contributed by atoms with E-state index in [0.29, 0.717) is 6.04 Å². The van der Waals surface area contributed by atoms with E-state index < -0.39 is 0 Å². The van der Waals surface area contributed by atoms with Gasteiger partial charge in [-0.05, 0) is 50.4 Å². The van der Waals surface area contributed by atoms with Crippen LogP contribution in [0.4, 0.5) is 5.95 Å². The van der Waals surface area contributed by atoms with Crippen LogP contribution >= 0.6 is 0 Å². The Morgan fingerprint density at radius 2 is 1.61 bits per heavy atom. The average molecular weight is 246 g/mol. The summed E-state index contributed by atoms with van der Waals surface area (Å²) in [6.07, 6.45) is 7.33. The minimum Gasteiger partial charge on any atom is -0.350 e. The topological polar surface area (TPSA) is 50.7 Å². The molecule has 18 heavy (non-hydrogen) atoms. The molecule has 2 aliphatic carbocycles. The Morgan fingerprint density at radius 1 is 1.00 bits per heavy atom. The van der Waals surface area contributed by atoms with Crippen molar-refractivity contribution in [2.45, 2.75) is 58.4 Å². The van der Waals surface area contributed by atoms with Gasteiger partial charge in [-0.25, -0.2) is 4.98 Å². The predicted molar refractivity (Wildman–Crippen MR) is 71.4 cm³/mol. The van der Waals surface area contributed by atoms with E-state index in [-0.39, 0.29) is 0 Å². The van der Waals surface area contributed by atoms with Crippen LogP contribution in [0.3, 0.4) is 0 Å². The highest BCUT2D eigenvalue weighted by Crippen LogP contribution is 2.45. The Hall–Kier alpha value is -1.19. The van der Waals surface area contributed by atoms with Gasteiger partial charge in [0.2, 0.25) is 5.95 Å². The fourth-order valence-corrected chi connectivity index (χ4v) is 2.68. The molecule has 4 nitrogen and oxygen atoms in total. The van der Waals surface area contributed by atoms with Crippen LogP contribution in [0.1, 0.15) is 50.9 Å². The summed E-state index contributed by atoms with van der Waals surface area (Å²) in [5, 5.41) is 12.1. The highest BCUT2D eigenvalue weighted by Gasteiger charge is 2.41. The van der Waals surface area contributed by atoms with Gasteiger partial charge in [-0.15, -0.1) is 5.10 Å². The van der Waals surface area contributed by atoms with E-state index in [0.717, 1.165) is 42.0 Å². The zero-order chi connectivity index (χ0) is 12.5. The van der Waals surface area contributed by atoms with Crippen LogP contribution < -0.4 is 5.32 Å². The molecule has 98 valence electrons. The molecule has 1 aromatic rings. The monoisotopic (exact) mass is 246 g/mol. The number of aryl methyl sites for hydroxylation is 2. The molecule has 0 spiro atoms. The number of aromatic nitrogens is 3. The van der Waals surface area contributed by atoms with E-state index in [1.165, 1.54) is 25.7 Å². The van der Waals surface area contributed by atoms with Crippen molar-refractivity contribution in [3.8, 4) is 0 Å². The van der Waals surface area contributed by atoms with Crippen molar-refractivity contribution >= 4 is 5.95 Å². The maximum Gasteiger partial charge on any atom is 0.243 e. The van der Waals surface area contributed by atoms with Crippen molar-refractivity contribution < 1.29 is 0 Å². The molecule has 0 atom stereocenters. The van der Waals surface area contributed by atoms with Crippen molar-refractivity contribution in [2.75, 3.05) is 5.32 Å². The largest absolute Gasteiger partial charge is 0.350 e. The second kappa shape index (κ2) is 4.82. The van der Waals surface area contributed by atoms with Crippen LogP contribution in [0.5, 0.6) is 0 Å². The predicted octanol–water partition coefficient (Wildman–Crippen LogP) is 2.60. The molecule has 0 amide bonds. The Morgan fingerprint density at radius 3 is 2.11 bits per heavy atom. The van der Waals surface area contributed by atoms with Gasteiger partial charge in [-0.2, -0.15) is 5.10 Å². The molecule has 0 aliphatic heterocycles. The molecule has 0 saturated heterocycles. The Kier molecular flexibility index (Phi) is 3.18. The molecule has 0 aromatic carbocycles.